The number of carboxylic acids is 1. The molecule has 2 unspecified atom stereocenters. The molecule has 7 heteroatoms. The van der Waals surface area contributed by atoms with E-state index in [4.69, 9.17) is 5.11 Å². The minimum absolute atomic E-state index is 0.152. The molecule has 0 aliphatic carbocycles. The molecule has 0 saturated carbocycles. The van der Waals surface area contributed by atoms with Gasteiger partial charge < -0.3 is 10.0 Å². The third kappa shape index (κ3) is 2.09. The van der Waals surface area contributed by atoms with Crippen LogP contribution in [0.5, 0.6) is 0 Å². The lowest BCUT2D eigenvalue weighted by atomic mass is 9.92. The largest absolute Gasteiger partial charge is 0.481 e. The topological polar surface area (TPSA) is 83.6 Å². The summed E-state index contributed by atoms with van der Waals surface area (Å²) >= 11 is 0. The molecule has 1 fully saturated rings. The summed E-state index contributed by atoms with van der Waals surface area (Å²) in [7, 11) is 0. The van der Waals surface area contributed by atoms with Gasteiger partial charge in [-0.3, -0.25) is 4.79 Å². The molecule has 1 N–H and O–H groups in total. The van der Waals surface area contributed by atoms with Crippen LogP contribution in [0.4, 0.5) is 5.82 Å². The maximum absolute atomic E-state index is 11.1. The monoisotopic (exact) mass is 275 g/mol. The summed E-state index contributed by atoms with van der Waals surface area (Å²) in [6, 6.07) is 2.12. The first-order chi connectivity index (χ1) is 9.56. The summed E-state index contributed by atoms with van der Waals surface area (Å²) in [5, 5.41) is 13.3. The number of piperidine rings is 1. The van der Waals surface area contributed by atoms with E-state index in [9.17, 15) is 4.79 Å². The maximum Gasteiger partial charge on any atom is 0.306 e. The molecule has 1 saturated heterocycles. The Hall–Kier alpha value is -2.18. The first-order valence-corrected chi connectivity index (χ1v) is 6.73. The zero-order valence-corrected chi connectivity index (χ0v) is 11.5. The summed E-state index contributed by atoms with van der Waals surface area (Å²) in [6.07, 6.45) is 2.78. The van der Waals surface area contributed by atoms with E-state index in [1.54, 1.807) is 4.52 Å². The lowest BCUT2D eigenvalue weighted by molar-refractivity contribution is -0.142. The molecule has 0 spiro atoms. The Balaban J connectivity index is 1.95. The van der Waals surface area contributed by atoms with Crippen LogP contribution in [-0.2, 0) is 4.79 Å². The van der Waals surface area contributed by atoms with Crippen molar-refractivity contribution in [2.45, 2.75) is 32.7 Å². The van der Waals surface area contributed by atoms with E-state index >= 15 is 0 Å². The highest BCUT2D eigenvalue weighted by molar-refractivity contribution is 5.70. The minimum atomic E-state index is -0.701. The van der Waals surface area contributed by atoms with Gasteiger partial charge in [0.15, 0.2) is 0 Å². The second-order valence-electron chi connectivity index (χ2n) is 5.33. The van der Waals surface area contributed by atoms with Gasteiger partial charge in [-0.1, -0.05) is 0 Å². The van der Waals surface area contributed by atoms with Crippen LogP contribution < -0.4 is 4.90 Å². The third-order valence-electron chi connectivity index (χ3n) is 3.88. The summed E-state index contributed by atoms with van der Waals surface area (Å²) in [6.45, 7) is 4.68. The average molecular weight is 275 g/mol. The fraction of sp³-hybridized carbons (Fsp3) is 0.538. The zero-order valence-electron chi connectivity index (χ0n) is 11.5. The molecule has 0 amide bonds. The van der Waals surface area contributed by atoms with Gasteiger partial charge in [-0.2, -0.15) is 14.6 Å². The first kappa shape index (κ1) is 12.8. The van der Waals surface area contributed by atoms with E-state index < -0.39 is 5.97 Å². The number of anilines is 1. The Morgan fingerprint density at radius 2 is 2.30 bits per heavy atom. The van der Waals surface area contributed by atoms with Gasteiger partial charge >= 0.3 is 5.97 Å². The quantitative estimate of drug-likeness (QED) is 0.884. The molecule has 0 bridgehead atoms. The highest BCUT2D eigenvalue weighted by Gasteiger charge is 2.31. The van der Waals surface area contributed by atoms with Crippen molar-refractivity contribution in [1.82, 2.24) is 19.6 Å². The SMILES string of the molecule is Cc1cc(N2CCC(C(=O)O)CC2C)n2ncnc2n1. The van der Waals surface area contributed by atoms with Crippen molar-refractivity contribution in [3.05, 3.63) is 18.1 Å². The van der Waals surface area contributed by atoms with E-state index in [0.29, 0.717) is 25.2 Å². The van der Waals surface area contributed by atoms with Crippen molar-refractivity contribution in [3.63, 3.8) is 0 Å². The highest BCUT2D eigenvalue weighted by Crippen LogP contribution is 2.28. The Morgan fingerprint density at radius 1 is 1.50 bits per heavy atom. The lowest BCUT2D eigenvalue weighted by Crippen LogP contribution is -2.43. The van der Waals surface area contributed by atoms with Gasteiger partial charge in [-0.25, -0.2) is 4.98 Å². The normalized spacial score (nSPS) is 23.2. The highest BCUT2D eigenvalue weighted by atomic mass is 16.4. The molecule has 3 rings (SSSR count). The fourth-order valence-corrected chi connectivity index (χ4v) is 2.85. The summed E-state index contributed by atoms with van der Waals surface area (Å²) in [4.78, 5) is 21.8. The molecule has 2 aromatic heterocycles. The number of carbonyl (C=O) groups is 1. The smallest absolute Gasteiger partial charge is 0.306 e. The van der Waals surface area contributed by atoms with Crippen LogP contribution in [0.25, 0.3) is 5.78 Å². The molecule has 7 nitrogen and oxygen atoms in total. The predicted molar refractivity (Wildman–Crippen MR) is 72.7 cm³/mol. The van der Waals surface area contributed by atoms with Crippen molar-refractivity contribution >= 4 is 17.6 Å². The standard InChI is InChI=1S/C13H17N5O2/c1-8-5-11(18-13(16-8)14-7-15-18)17-4-3-10(12(19)20)6-9(17)2/h5,7,9-10H,3-4,6H2,1-2H3,(H,19,20). The fourth-order valence-electron chi connectivity index (χ4n) is 2.85. The maximum atomic E-state index is 11.1. The summed E-state index contributed by atoms with van der Waals surface area (Å²) in [5.74, 6) is 0.553. The number of carboxylic acid groups (broad SMARTS) is 1. The molecular formula is C13H17N5O2. The van der Waals surface area contributed by atoms with Crippen LogP contribution in [0.3, 0.4) is 0 Å². The minimum Gasteiger partial charge on any atom is -0.481 e. The Bertz CT molecular complexity index is 653. The predicted octanol–water partition coefficient (Wildman–Crippen LogP) is 1.12. The average Bonchev–Trinajstić information content (AvgIpc) is 2.85. The number of hydrogen-bond donors (Lipinski definition) is 1. The molecule has 1 aliphatic rings. The van der Waals surface area contributed by atoms with Gasteiger partial charge in [0.05, 0.1) is 5.92 Å². The van der Waals surface area contributed by atoms with Crippen molar-refractivity contribution in [1.29, 1.82) is 0 Å². The summed E-state index contributed by atoms with van der Waals surface area (Å²) in [5.41, 5.74) is 0.882. The van der Waals surface area contributed by atoms with Crippen molar-refractivity contribution < 1.29 is 9.90 Å². The van der Waals surface area contributed by atoms with Crippen LogP contribution in [0.15, 0.2) is 12.4 Å². The van der Waals surface area contributed by atoms with Crippen LogP contribution in [0.1, 0.15) is 25.5 Å². The van der Waals surface area contributed by atoms with Crippen LogP contribution in [0.2, 0.25) is 0 Å². The van der Waals surface area contributed by atoms with E-state index in [2.05, 4.69) is 20.0 Å². The molecule has 20 heavy (non-hydrogen) atoms. The van der Waals surface area contributed by atoms with Crippen molar-refractivity contribution in [2.24, 2.45) is 5.92 Å². The van der Waals surface area contributed by atoms with Crippen LogP contribution in [0, 0.1) is 12.8 Å². The van der Waals surface area contributed by atoms with E-state index in [1.165, 1.54) is 6.33 Å². The first-order valence-electron chi connectivity index (χ1n) is 6.73. The molecule has 106 valence electrons. The molecule has 0 radical (unpaired) electrons. The van der Waals surface area contributed by atoms with Gasteiger partial charge in [0.25, 0.3) is 5.78 Å². The van der Waals surface area contributed by atoms with Crippen LogP contribution >= 0.6 is 0 Å². The Morgan fingerprint density at radius 3 is 3.00 bits per heavy atom. The molecule has 3 heterocycles. The van der Waals surface area contributed by atoms with Gasteiger partial charge in [0.2, 0.25) is 0 Å². The number of fused-ring (bicyclic) bond motifs is 1. The third-order valence-corrected chi connectivity index (χ3v) is 3.88. The van der Waals surface area contributed by atoms with E-state index in [0.717, 1.165) is 11.5 Å². The number of nitrogens with zero attached hydrogens (tertiary/aromatic N) is 5. The molecule has 2 atom stereocenters. The second-order valence-corrected chi connectivity index (χ2v) is 5.33. The number of aryl methyl sites for hydroxylation is 1. The zero-order chi connectivity index (χ0) is 14.3. The number of aliphatic carboxylic acids is 1. The van der Waals surface area contributed by atoms with Gasteiger partial charge in [-0.05, 0) is 26.7 Å². The lowest BCUT2D eigenvalue weighted by Gasteiger charge is -2.37. The number of rotatable bonds is 2. The van der Waals surface area contributed by atoms with Gasteiger partial charge in [0, 0.05) is 24.3 Å². The Kier molecular flexibility index (Phi) is 3.04. The van der Waals surface area contributed by atoms with Crippen molar-refractivity contribution in [3.8, 4) is 0 Å². The van der Waals surface area contributed by atoms with E-state index in [1.807, 2.05) is 19.9 Å². The molecule has 2 aromatic rings. The summed E-state index contributed by atoms with van der Waals surface area (Å²) < 4.78 is 1.71. The number of aromatic nitrogens is 4. The second kappa shape index (κ2) is 4.73. The molecular weight excluding hydrogens is 258 g/mol. The van der Waals surface area contributed by atoms with Gasteiger partial charge in [-0.15, -0.1) is 0 Å². The van der Waals surface area contributed by atoms with Crippen LogP contribution in [-0.4, -0.2) is 43.2 Å². The molecule has 1 aliphatic heterocycles. The Labute approximate surface area is 116 Å². The molecule has 0 aromatic carbocycles. The van der Waals surface area contributed by atoms with Crippen molar-refractivity contribution in [2.75, 3.05) is 11.4 Å². The van der Waals surface area contributed by atoms with E-state index in [-0.39, 0.29) is 12.0 Å². The number of hydrogen-bond acceptors (Lipinski definition) is 5. The van der Waals surface area contributed by atoms with Gasteiger partial charge in [0.1, 0.15) is 12.1 Å².